The average molecular weight is 517 g/mol. The fourth-order valence-electron chi connectivity index (χ4n) is 5.32. The van der Waals surface area contributed by atoms with Crippen molar-refractivity contribution in [1.29, 1.82) is 0 Å². The number of rotatable bonds is 12. The zero-order valence-electron chi connectivity index (χ0n) is 22.8. The maximum Gasteiger partial charge on any atom is 0.242 e. The van der Waals surface area contributed by atoms with Gasteiger partial charge in [-0.2, -0.15) is 0 Å². The van der Waals surface area contributed by atoms with E-state index in [-0.39, 0.29) is 30.3 Å². The Balaban J connectivity index is 1.54. The molecule has 1 aromatic heterocycles. The van der Waals surface area contributed by atoms with Crippen LogP contribution in [0, 0.1) is 12.8 Å². The second-order valence-electron chi connectivity index (χ2n) is 10.7. The third-order valence-corrected chi connectivity index (χ3v) is 7.63. The minimum atomic E-state index is -0.164. The largest absolute Gasteiger partial charge is 0.464 e. The Bertz CT molecular complexity index is 1280. The third kappa shape index (κ3) is 7.33. The lowest BCUT2D eigenvalue weighted by Gasteiger charge is -2.28. The van der Waals surface area contributed by atoms with Crippen molar-refractivity contribution in [3.63, 3.8) is 0 Å². The molecule has 2 aromatic carbocycles. The lowest BCUT2D eigenvalue weighted by atomic mass is 10.0. The van der Waals surface area contributed by atoms with Crippen LogP contribution in [-0.4, -0.2) is 34.7 Å². The summed E-state index contributed by atoms with van der Waals surface area (Å²) in [5.74, 6) is 0.523. The molecule has 1 fully saturated rings. The summed E-state index contributed by atoms with van der Waals surface area (Å²) in [5, 5.41) is 0.515. The summed E-state index contributed by atoms with van der Waals surface area (Å²) in [6.07, 6.45) is 9.60. The van der Waals surface area contributed by atoms with E-state index in [1.807, 2.05) is 49.4 Å². The molecule has 202 valence electrons. The molecule has 0 aliphatic heterocycles. The van der Waals surface area contributed by atoms with Crippen LogP contribution in [0.2, 0.25) is 0 Å². The normalized spacial score (nSPS) is 13.6. The summed E-state index contributed by atoms with van der Waals surface area (Å²) in [4.78, 5) is 43.6. The highest BCUT2D eigenvalue weighted by molar-refractivity contribution is 5.85. The summed E-state index contributed by atoms with van der Waals surface area (Å²) in [6.45, 7) is 5.09. The van der Waals surface area contributed by atoms with Crippen LogP contribution in [0.5, 0.6) is 0 Å². The van der Waals surface area contributed by atoms with Gasteiger partial charge >= 0.3 is 0 Å². The van der Waals surface area contributed by atoms with E-state index in [1.54, 1.807) is 15.9 Å². The van der Waals surface area contributed by atoms with Gasteiger partial charge in [0.25, 0.3) is 0 Å². The maximum atomic E-state index is 13.7. The van der Waals surface area contributed by atoms with Crippen molar-refractivity contribution in [3.8, 4) is 0 Å². The van der Waals surface area contributed by atoms with E-state index in [9.17, 15) is 14.4 Å². The zero-order valence-corrected chi connectivity index (χ0v) is 22.8. The summed E-state index contributed by atoms with van der Waals surface area (Å²) < 4.78 is 5.76. The molecule has 1 aliphatic rings. The monoisotopic (exact) mass is 516 g/mol. The molecular formula is C32H40N2O4. The van der Waals surface area contributed by atoms with E-state index in [0.717, 1.165) is 30.4 Å². The van der Waals surface area contributed by atoms with Gasteiger partial charge in [-0.3, -0.25) is 14.4 Å². The summed E-state index contributed by atoms with van der Waals surface area (Å²) >= 11 is 0. The minimum absolute atomic E-state index is 0.0222. The molecule has 1 aliphatic carbocycles. The van der Waals surface area contributed by atoms with Gasteiger partial charge in [0.1, 0.15) is 5.58 Å². The van der Waals surface area contributed by atoms with Gasteiger partial charge in [-0.15, -0.1) is 0 Å². The van der Waals surface area contributed by atoms with Gasteiger partial charge in [0.2, 0.25) is 11.8 Å². The number of benzene rings is 2. The number of carbonyl (C=O) groups excluding carboxylic acids is 2. The van der Waals surface area contributed by atoms with E-state index in [0.29, 0.717) is 42.0 Å². The molecule has 2 amide bonds. The van der Waals surface area contributed by atoms with Gasteiger partial charge in [0, 0.05) is 19.5 Å². The highest BCUT2D eigenvalue weighted by Crippen LogP contribution is 2.28. The molecule has 0 bridgehead atoms. The first-order valence-electron chi connectivity index (χ1n) is 14.0. The zero-order chi connectivity index (χ0) is 26.9. The predicted octanol–water partition coefficient (Wildman–Crippen LogP) is 6.23. The SMILES string of the molecule is CCCCN(CC(=O)N(Cc1ccccc1)Cc1coc2ccc(C)cc2c1=O)C(=O)CCC1CCCC1. The number of hydrogen-bond donors (Lipinski definition) is 0. The average Bonchev–Trinajstić information content (AvgIpc) is 3.45. The van der Waals surface area contributed by atoms with Crippen molar-refractivity contribution in [3.05, 3.63) is 81.7 Å². The highest BCUT2D eigenvalue weighted by Gasteiger charge is 2.24. The quantitative estimate of drug-likeness (QED) is 0.286. The lowest BCUT2D eigenvalue weighted by molar-refractivity contribution is -0.141. The van der Waals surface area contributed by atoms with Gasteiger partial charge in [0.15, 0.2) is 5.43 Å². The number of carbonyl (C=O) groups is 2. The molecule has 6 heteroatoms. The molecule has 0 atom stereocenters. The second-order valence-corrected chi connectivity index (χ2v) is 10.7. The van der Waals surface area contributed by atoms with Crippen LogP contribution in [0.1, 0.15) is 75.0 Å². The van der Waals surface area contributed by atoms with Crippen molar-refractivity contribution in [1.82, 2.24) is 9.80 Å². The first kappa shape index (κ1) is 27.6. The number of nitrogens with zero attached hydrogens (tertiary/aromatic N) is 2. The van der Waals surface area contributed by atoms with Crippen LogP contribution < -0.4 is 5.43 Å². The Morgan fingerprint density at radius 1 is 0.974 bits per heavy atom. The molecule has 0 N–H and O–H groups in total. The van der Waals surface area contributed by atoms with Crippen molar-refractivity contribution >= 4 is 22.8 Å². The molecular weight excluding hydrogens is 476 g/mol. The van der Waals surface area contributed by atoms with Crippen LogP contribution in [0.25, 0.3) is 11.0 Å². The topological polar surface area (TPSA) is 70.8 Å². The van der Waals surface area contributed by atoms with E-state index in [1.165, 1.54) is 31.9 Å². The van der Waals surface area contributed by atoms with Crippen LogP contribution >= 0.6 is 0 Å². The van der Waals surface area contributed by atoms with Crippen molar-refractivity contribution < 1.29 is 14.0 Å². The molecule has 0 unspecified atom stereocenters. The summed E-state index contributed by atoms with van der Waals surface area (Å²) in [7, 11) is 0. The molecule has 0 saturated heterocycles. The maximum absolute atomic E-state index is 13.7. The van der Waals surface area contributed by atoms with Crippen molar-refractivity contribution in [2.24, 2.45) is 5.92 Å². The Hall–Kier alpha value is -3.41. The predicted molar refractivity (Wildman–Crippen MR) is 151 cm³/mol. The number of aryl methyl sites for hydroxylation is 1. The van der Waals surface area contributed by atoms with E-state index in [4.69, 9.17) is 4.42 Å². The summed E-state index contributed by atoms with van der Waals surface area (Å²) in [6, 6.07) is 15.3. The number of fused-ring (bicyclic) bond motifs is 1. The number of amides is 2. The first-order valence-corrected chi connectivity index (χ1v) is 14.0. The molecule has 0 radical (unpaired) electrons. The molecule has 1 saturated carbocycles. The molecule has 3 aromatic rings. The Morgan fingerprint density at radius 3 is 2.47 bits per heavy atom. The Morgan fingerprint density at radius 2 is 1.74 bits per heavy atom. The van der Waals surface area contributed by atoms with Crippen LogP contribution in [-0.2, 0) is 22.7 Å². The van der Waals surface area contributed by atoms with Crippen LogP contribution in [0.4, 0.5) is 0 Å². The lowest BCUT2D eigenvalue weighted by Crippen LogP contribution is -2.43. The van der Waals surface area contributed by atoms with Crippen LogP contribution in [0.3, 0.4) is 0 Å². The third-order valence-electron chi connectivity index (χ3n) is 7.63. The van der Waals surface area contributed by atoms with Gasteiger partial charge in [-0.1, -0.05) is 81.0 Å². The van der Waals surface area contributed by atoms with Crippen molar-refractivity contribution in [2.75, 3.05) is 13.1 Å². The first-order chi connectivity index (χ1) is 18.4. The van der Waals surface area contributed by atoms with Gasteiger partial charge in [-0.25, -0.2) is 0 Å². The van der Waals surface area contributed by atoms with E-state index >= 15 is 0 Å². The van der Waals surface area contributed by atoms with E-state index < -0.39 is 0 Å². The fraction of sp³-hybridized carbons (Fsp3) is 0.469. The van der Waals surface area contributed by atoms with Gasteiger partial charge < -0.3 is 14.2 Å². The molecule has 0 spiro atoms. The minimum Gasteiger partial charge on any atom is -0.464 e. The standard InChI is InChI=1S/C32H40N2O4/c1-3-4-18-33(30(35)17-15-25-10-8-9-11-25)22-31(36)34(20-26-12-6-5-7-13-26)21-27-23-38-29-16-14-24(2)19-28(29)32(27)37/h5-7,12-14,16,19,23,25H,3-4,8-11,15,17-18,20-22H2,1-2H3. The molecule has 1 heterocycles. The van der Waals surface area contributed by atoms with Crippen LogP contribution in [0.15, 0.2) is 64.0 Å². The number of unbranched alkanes of at least 4 members (excludes halogenated alkanes) is 1. The Labute approximate surface area is 225 Å². The smallest absolute Gasteiger partial charge is 0.242 e. The number of hydrogen-bond acceptors (Lipinski definition) is 4. The molecule has 38 heavy (non-hydrogen) atoms. The summed E-state index contributed by atoms with van der Waals surface area (Å²) in [5.41, 5.74) is 2.77. The second kappa shape index (κ2) is 13.4. The Kier molecular flexibility index (Phi) is 9.74. The fourth-order valence-corrected chi connectivity index (χ4v) is 5.32. The molecule has 4 rings (SSSR count). The van der Waals surface area contributed by atoms with E-state index in [2.05, 4.69) is 6.92 Å². The highest BCUT2D eigenvalue weighted by atomic mass is 16.3. The van der Waals surface area contributed by atoms with Gasteiger partial charge in [-0.05, 0) is 43.4 Å². The van der Waals surface area contributed by atoms with Crippen molar-refractivity contribution in [2.45, 2.75) is 78.3 Å². The van der Waals surface area contributed by atoms with Gasteiger partial charge in [0.05, 0.1) is 30.3 Å². The molecule has 6 nitrogen and oxygen atoms in total.